The topological polar surface area (TPSA) is 45.2 Å². The predicted molar refractivity (Wildman–Crippen MR) is 80.6 cm³/mol. The molecule has 0 atom stereocenters. The fraction of sp³-hybridized carbons (Fsp3) is 0.250. The van der Waals surface area contributed by atoms with E-state index in [9.17, 15) is 9.18 Å². The molecule has 1 amide bonds. The first-order valence-corrected chi connectivity index (χ1v) is 6.79. The minimum atomic E-state index is -0.281. The maximum Gasteiger partial charge on any atom is 0.256 e. The summed E-state index contributed by atoms with van der Waals surface area (Å²) in [6, 6.07) is 7.84. The Balaban J connectivity index is 2.13. The maximum atomic E-state index is 12.9. The van der Waals surface area contributed by atoms with Gasteiger partial charge in [-0.2, -0.15) is 0 Å². The number of rotatable bonds is 5. The first-order chi connectivity index (χ1) is 10.1. The number of anilines is 1. The van der Waals surface area contributed by atoms with E-state index >= 15 is 0 Å². The Kier molecular flexibility index (Phi) is 4.87. The zero-order valence-electron chi connectivity index (χ0n) is 12.1. The summed E-state index contributed by atoms with van der Waals surface area (Å²) >= 11 is 0. The second-order valence-corrected chi connectivity index (χ2v) is 4.74. The van der Waals surface area contributed by atoms with Crippen LogP contribution in [0.15, 0.2) is 42.7 Å². The second kappa shape index (κ2) is 6.83. The van der Waals surface area contributed by atoms with Crippen LogP contribution in [0.4, 0.5) is 10.1 Å². The van der Waals surface area contributed by atoms with E-state index in [-0.39, 0.29) is 11.7 Å². The van der Waals surface area contributed by atoms with Gasteiger partial charge in [0.2, 0.25) is 0 Å². The molecule has 0 fully saturated rings. The van der Waals surface area contributed by atoms with E-state index in [1.807, 2.05) is 6.92 Å². The molecule has 2 rings (SSSR count). The molecule has 0 bridgehead atoms. The SMILES string of the molecule is CCNc1cnccc1C(=O)N(C)Cc1ccc(F)cc1. The third-order valence-corrected chi connectivity index (χ3v) is 3.10. The van der Waals surface area contributed by atoms with Crippen LogP contribution in [0.2, 0.25) is 0 Å². The molecule has 1 aromatic carbocycles. The van der Waals surface area contributed by atoms with Crippen LogP contribution in [0.25, 0.3) is 0 Å². The average molecular weight is 287 g/mol. The van der Waals surface area contributed by atoms with Gasteiger partial charge in [-0.05, 0) is 30.7 Å². The van der Waals surface area contributed by atoms with Gasteiger partial charge in [-0.25, -0.2) is 4.39 Å². The first-order valence-electron chi connectivity index (χ1n) is 6.79. The average Bonchev–Trinajstić information content (AvgIpc) is 2.50. The Morgan fingerprint density at radius 2 is 2.00 bits per heavy atom. The van der Waals surface area contributed by atoms with Gasteiger partial charge < -0.3 is 10.2 Å². The summed E-state index contributed by atoms with van der Waals surface area (Å²) < 4.78 is 12.9. The lowest BCUT2D eigenvalue weighted by Gasteiger charge is -2.19. The molecular formula is C16H18FN3O. The van der Waals surface area contributed by atoms with E-state index < -0.39 is 0 Å². The fourth-order valence-electron chi connectivity index (χ4n) is 2.05. The molecule has 21 heavy (non-hydrogen) atoms. The molecule has 1 N–H and O–H groups in total. The lowest BCUT2D eigenvalue weighted by Crippen LogP contribution is -2.27. The summed E-state index contributed by atoms with van der Waals surface area (Å²) in [6.45, 7) is 3.10. The predicted octanol–water partition coefficient (Wildman–Crippen LogP) is 2.92. The molecule has 0 unspecified atom stereocenters. The number of halogens is 1. The number of benzene rings is 1. The van der Waals surface area contributed by atoms with Crippen LogP contribution >= 0.6 is 0 Å². The number of carbonyl (C=O) groups is 1. The molecular weight excluding hydrogens is 269 g/mol. The van der Waals surface area contributed by atoms with Crippen LogP contribution in [0.1, 0.15) is 22.8 Å². The lowest BCUT2D eigenvalue weighted by atomic mass is 10.1. The second-order valence-electron chi connectivity index (χ2n) is 4.74. The van der Waals surface area contributed by atoms with Crippen molar-refractivity contribution in [1.82, 2.24) is 9.88 Å². The molecule has 110 valence electrons. The number of nitrogens with zero attached hydrogens (tertiary/aromatic N) is 2. The molecule has 0 aliphatic rings. The van der Waals surface area contributed by atoms with E-state index in [2.05, 4.69) is 10.3 Å². The highest BCUT2D eigenvalue weighted by Crippen LogP contribution is 2.16. The summed E-state index contributed by atoms with van der Waals surface area (Å²) in [4.78, 5) is 18.1. The molecule has 0 saturated heterocycles. The highest BCUT2D eigenvalue weighted by Gasteiger charge is 2.15. The zero-order valence-corrected chi connectivity index (χ0v) is 12.1. The lowest BCUT2D eigenvalue weighted by molar-refractivity contribution is 0.0786. The zero-order chi connectivity index (χ0) is 15.2. The van der Waals surface area contributed by atoms with Crippen molar-refractivity contribution in [2.75, 3.05) is 18.9 Å². The van der Waals surface area contributed by atoms with Crippen molar-refractivity contribution in [2.24, 2.45) is 0 Å². The number of hydrogen-bond donors (Lipinski definition) is 1. The van der Waals surface area contributed by atoms with Crippen molar-refractivity contribution in [3.05, 3.63) is 59.7 Å². The molecule has 0 spiro atoms. The van der Waals surface area contributed by atoms with Crippen molar-refractivity contribution in [3.63, 3.8) is 0 Å². The molecule has 0 radical (unpaired) electrons. The first kappa shape index (κ1) is 15.0. The van der Waals surface area contributed by atoms with Crippen LogP contribution < -0.4 is 5.32 Å². The molecule has 2 aromatic rings. The van der Waals surface area contributed by atoms with Gasteiger partial charge in [0.1, 0.15) is 5.82 Å². The van der Waals surface area contributed by atoms with Gasteiger partial charge in [0.25, 0.3) is 5.91 Å². The van der Waals surface area contributed by atoms with E-state index in [4.69, 9.17) is 0 Å². The highest BCUT2D eigenvalue weighted by molar-refractivity contribution is 5.99. The molecule has 0 aliphatic carbocycles. The van der Waals surface area contributed by atoms with Crippen molar-refractivity contribution >= 4 is 11.6 Å². The highest BCUT2D eigenvalue weighted by atomic mass is 19.1. The quantitative estimate of drug-likeness (QED) is 0.919. The summed E-state index contributed by atoms with van der Waals surface area (Å²) in [5.74, 6) is -0.381. The molecule has 5 heteroatoms. The fourth-order valence-corrected chi connectivity index (χ4v) is 2.05. The van der Waals surface area contributed by atoms with E-state index in [1.165, 1.54) is 12.1 Å². The van der Waals surface area contributed by atoms with Gasteiger partial charge >= 0.3 is 0 Å². The van der Waals surface area contributed by atoms with Gasteiger partial charge in [-0.15, -0.1) is 0 Å². The van der Waals surface area contributed by atoms with Gasteiger partial charge in [-0.3, -0.25) is 9.78 Å². The van der Waals surface area contributed by atoms with Crippen molar-refractivity contribution in [2.45, 2.75) is 13.5 Å². The standard InChI is InChI=1S/C16H18FN3O/c1-3-19-15-10-18-9-8-14(15)16(21)20(2)11-12-4-6-13(17)7-5-12/h4-10,19H,3,11H2,1-2H3. The Bertz CT molecular complexity index is 613. The van der Waals surface area contributed by atoms with Crippen LogP contribution in [-0.4, -0.2) is 29.4 Å². The molecule has 0 aliphatic heterocycles. The summed E-state index contributed by atoms with van der Waals surface area (Å²) in [7, 11) is 1.72. The number of nitrogens with one attached hydrogen (secondary N) is 1. The Labute approximate surface area is 123 Å². The van der Waals surface area contributed by atoms with Crippen molar-refractivity contribution in [1.29, 1.82) is 0 Å². The molecule has 0 saturated carbocycles. The summed E-state index contributed by atoms with van der Waals surface area (Å²) in [5, 5.41) is 3.12. The summed E-state index contributed by atoms with van der Waals surface area (Å²) in [6.07, 6.45) is 3.24. The molecule has 4 nitrogen and oxygen atoms in total. The third-order valence-electron chi connectivity index (χ3n) is 3.10. The van der Waals surface area contributed by atoms with Gasteiger partial charge in [0.05, 0.1) is 17.4 Å². The van der Waals surface area contributed by atoms with Crippen LogP contribution in [0.5, 0.6) is 0 Å². The Morgan fingerprint density at radius 1 is 1.29 bits per heavy atom. The summed E-state index contributed by atoms with van der Waals surface area (Å²) in [5.41, 5.74) is 2.18. The normalized spacial score (nSPS) is 10.2. The Morgan fingerprint density at radius 3 is 2.67 bits per heavy atom. The van der Waals surface area contributed by atoms with Gasteiger partial charge in [0.15, 0.2) is 0 Å². The van der Waals surface area contributed by atoms with E-state index in [1.54, 1.807) is 42.5 Å². The van der Waals surface area contributed by atoms with Gasteiger partial charge in [0, 0.05) is 26.3 Å². The maximum absolute atomic E-state index is 12.9. The monoisotopic (exact) mass is 287 g/mol. The van der Waals surface area contributed by atoms with Crippen LogP contribution in [0, 0.1) is 5.82 Å². The van der Waals surface area contributed by atoms with Gasteiger partial charge in [-0.1, -0.05) is 12.1 Å². The van der Waals surface area contributed by atoms with E-state index in [0.717, 1.165) is 11.3 Å². The van der Waals surface area contributed by atoms with Crippen molar-refractivity contribution in [3.8, 4) is 0 Å². The number of aromatic nitrogens is 1. The number of carbonyl (C=O) groups excluding carboxylic acids is 1. The van der Waals surface area contributed by atoms with E-state index in [0.29, 0.717) is 18.7 Å². The smallest absolute Gasteiger partial charge is 0.256 e. The van der Waals surface area contributed by atoms with Crippen molar-refractivity contribution < 1.29 is 9.18 Å². The number of hydrogen-bond acceptors (Lipinski definition) is 3. The van der Waals surface area contributed by atoms with Crippen LogP contribution in [0.3, 0.4) is 0 Å². The minimum Gasteiger partial charge on any atom is -0.383 e. The molecule has 1 heterocycles. The Hall–Kier alpha value is -2.43. The number of amides is 1. The molecule has 1 aromatic heterocycles. The third kappa shape index (κ3) is 3.78. The minimum absolute atomic E-state index is 0.0994. The number of pyridine rings is 1. The largest absolute Gasteiger partial charge is 0.383 e. The van der Waals surface area contributed by atoms with Crippen LogP contribution in [-0.2, 0) is 6.54 Å².